The third kappa shape index (κ3) is 1.13. The summed E-state index contributed by atoms with van der Waals surface area (Å²) in [6, 6.07) is 2.23. The van der Waals surface area contributed by atoms with Crippen LogP contribution in [0.15, 0.2) is 0 Å². The molecule has 0 bridgehead atoms. The Kier molecular flexibility index (Phi) is 2.17. The molecule has 1 fully saturated rings. The van der Waals surface area contributed by atoms with Gasteiger partial charge < -0.3 is 5.11 Å². The molecule has 0 aromatic rings. The van der Waals surface area contributed by atoms with Crippen molar-refractivity contribution in [1.82, 2.24) is 4.90 Å². The zero-order valence-electron chi connectivity index (χ0n) is 7.04. The van der Waals surface area contributed by atoms with Crippen molar-refractivity contribution >= 4 is 0 Å². The monoisotopic (exact) mass is 154 g/mol. The summed E-state index contributed by atoms with van der Waals surface area (Å²) in [5.41, 5.74) is -0.311. The Morgan fingerprint density at radius 1 is 1.82 bits per heavy atom. The molecular formula is C8H14N2O. The van der Waals surface area contributed by atoms with Crippen LogP contribution in [0.2, 0.25) is 0 Å². The Balaban J connectivity index is 2.80. The Hall–Kier alpha value is -0.590. The summed E-state index contributed by atoms with van der Waals surface area (Å²) in [5.74, 6) is -0.0162. The lowest BCUT2D eigenvalue weighted by Gasteiger charge is -2.32. The van der Waals surface area contributed by atoms with Crippen molar-refractivity contribution in [3.8, 4) is 6.07 Å². The van der Waals surface area contributed by atoms with Crippen molar-refractivity contribution in [1.29, 1.82) is 5.26 Å². The molecule has 2 atom stereocenters. The highest BCUT2D eigenvalue weighted by Gasteiger charge is 2.42. The second-order valence-electron chi connectivity index (χ2n) is 3.41. The molecule has 1 N–H and O–H groups in total. The lowest BCUT2D eigenvalue weighted by atomic mass is 9.89. The minimum atomic E-state index is -0.311. The summed E-state index contributed by atoms with van der Waals surface area (Å²) >= 11 is 0. The largest absolute Gasteiger partial charge is 0.394 e. The molecule has 0 aromatic heterocycles. The van der Waals surface area contributed by atoms with Crippen molar-refractivity contribution in [3.05, 3.63) is 0 Å². The van der Waals surface area contributed by atoms with Gasteiger partial charge in [0.1, 0.15) is 0 Å². The molecule has 1 aliphatic heterocycles. The van der Waals surface area contributed by atoms with E-state index in [0.717, 1.165) is 13.0 Å². The number of likely N-dealkylation sites (N-methyl/N-ethyl adjacent to an activating group) is 1. The van der Waals surface area contributed by atoms with Gasteiger partial charge in [-0.05, 0) is 26.9 Å². The Bertz CT molecular complexity index is 187. The lowest BCUT2D eigenvalue weighted by Crippen LogP contribution is -2.45. The van der Waals surface area contributed by atoms with Crippen LogP contribution >= 0.6 is 0 Å². The maximum atomic E-state index is 9.10. The number of hydrogen-bond acceptors (Lipinski definition) is 3. The highest BCUT2D eigenvalue weighted by molar-refractivity contribution is 5.06. The van der Waals surface area contributed by atoms with Gasteiger partial charge >= 0.3 is 0 Å². The highest BCUT2D eigenvalue weighted by atomic mass is 16.3. The zero-order chi connectivity index (χ0) is 8.48. The smallest absolute Gasteiger partial charge is 0.0679 e. The van der Waals surface area contributed by atoms with Crippen LogP contribution in [-0.4, -0.2) is 35.7 Å². The van der Waals surface area contributed by atoms with Gasteiger partial charge in [0, 0.05) is 0 Å². The van der Waals surface area contributed by atoms with Crippen LogP contribution < -0.4 is 0 Å². The zero-order valence-corrected chi connectivity index (χ0v) is 7.04. The third-order valence-corrected chi connectivity index (χ3v) is 2.85. The fourth-order valence-electron chi connectivity index (χ4n) is 1.59. The molecule has 62 valence electrons. The Morgan fingerprint density at radius 2 is 2.45 bits per heavy atom. The van der Waals surface area contributed by atoms with Crippen molar-refractivity contribution in [2.75, 3.05) is 20.2 Å². The summed E-state index contributed by atoms with van der Waals surface area (Å²) in [4.78, 5) is 2.06. The lowest BCUT2D eigenvalue weighted by molar-refractivity contribution is 0.0823. The predicted octanol–water partition coefficient (Wildman–Crippen LogP) is 0.213. The van der Waals surface area contributed by atoms with E-state index < -0.39 is 0 Å². The quantitative estimate of drug-likeness (QED) is 0.587. The first-order valence-electron chi connectivity index (χ1n) is 3.87. The molecule has 0 aliphatic carbocycles. The molecule has 3 heteroatoms. The summed E-state index contributed by atoms with van der Waals surface area (Å²) in [5, 5.41) is 17.9. The Morgan fingerprint density at radius 3 is 2.82 bits per heavy atom. The maximum Gasteiger partial charge on any atom is 0.0679 e. The second kappa shape index (κ2) is 2.80. The van der Waals surface area contributed by atoms with Gasteiger partial charge in [0.15, 0.2) is 0 Å². The van der Waals surface area contributed by atoms with Gasteiger partial charge in [0.05, 0.1) is 24.1 Å². The summed E-state index contributed by atoms with van der Waals surface area (Å²) in [7, 11) is 1.95. The minimum Gasteiger partial charge on any atom is -0.394 e. The number of rotatable bonds is 1. The number of nitrogens with zero attached hydrogens (tertiary/aromatic N) is 2. The van der Waals surface area contributed by atoms with E-state index in [9.17, 15) is 0 Å². The van der Waals surface area contributed by atoms with Gasteiger partial charge in [0.25, 0.3) is 0 Å². The molecule has 1 heterocycles. The van der Waals surface area contributed by atoms with Crippen molar-refractivity contribution < 1.29 is 5.11 Å². The Labute approximate surface area is 67.2 Å². The third-order valence-electron chi connectivity index (χ3n) is 2.85. The summed E-state index contributed by atoms with van der Waals surface area (Å²) in [6.45, 7) is 2.92. The maximum absolute atomic E-state index is 9.10. The van der Waals surface area contributed by atoms with Gasteiger partial charge in [-0.15, -0.1) is 0 Å². The molecule has 1 aliphatic rings. The fourth-order valence-corrected chi connectivity index (χ4v) is 1.59. The standard InChI is InChI=1S/C8H14N2O/c1-8(6-11)7(5-9)3-4-10(8)2/h7,11H,3-4,6H2,1-2H3/t7-,8+/m1/s1. The van der Waals surface area contributed by atoms with Crippen LogP contribution in [0.1, 0.15) is 13.3 Å². The fraction of sp³-hybridized carbons (Fsp3) is 0.875. The molecule has 11 heavy (non-hydrogen) atoms. The molecule has 0 aromatic carbocycles. The van der Waals surface area contributed by atoms with Gasteiger partial charge in [-0.1, -0.05) is 0 Å². The van der Waals surface area contributed by atoms with E-state index in [4.69, 9.17) is 10.4 Å². The molecular weight excluding hydrogens is 140 g/mol. The van der Waals surface area contributed by atoms with E-state index in [1.165, 1.54) is 0 Å². The highest BCUT2D eigenvalue weighted by Crippen LogP contribution is 2.32. The molecule has 0 spiro atoms. The van der Waals surface area contributed by atoms with E-state index in [2.05, 4.69) is 11.0 Å². The average Bonchev–Trinajstić information content (AvgIpc) is 2.30. The van der Waals surface area contributed by atoms with E-state index in [0.29, 0.717) is 0 Å². The van der Waals surface area contributed by atoms with Crippen LogP contribution in [0.5, 0.6) is 0 Å². The second-order valence-corrected chi connectivity index (χ2v) is 3.41. The van der Waals surface area contributed by atoms with Gasteiger partial charge in [-0.3, -0.25) is 4.90 Å². The van der Waals surface area contributed by atoms with E-state index in [1.54, 1.807) is 0 Å². The van der Waals surface area contributed by atoms with Crippen molar-refractivity contribution in [2.45, 2.75) is 18.9 Å². The average molecular weight is 154 g/mol. The molecule has 3 nitrogen and oxygen atoms in total. The minimum absolute atomic E-state index is 0.0162. The van der Waals surface area contributed by atoms with Gasteiger partial charge in [0.2, 0.25) is 0 Å². The number of nitriles is 1. The van der Waals surface area contributed by atoms with Crippen LogP contribution in [-0.2, 0) is 0 Å². The molecule has 0 radical (unpaired) electrons. The summed E-state index contributed by atoms with van der Waals surface area (Å²) < 4.78 is 0. The molecule has 0 saturated carbocycles. The SMILES string of the molecule is CN1CC[C@H](C#N)[C@]1(C)CO. The number of aliphatic hydroxyl groups excluding tert-OH is 1. The number of likely N-dealkylation sites (tertiary alicyclic amines) is 1. The topological polar surface area (TPSA) is 47.3 Å². The van der Waals surface area contributed by atoms with Crippen molar-refractivity contribution in [2.24, 2.45) is 5.92 Å². The van der Waals surface area contributed by atoms with E-state index in [1.807, 2.05) is 14.0 Å². The van der Waals surface area contributed by atoms with Gasteiger partial charge in [-0.25, -0.2) is 0 Å². The van der Waals surface area contributed by atoms with E-state index >= 15 is 0 Å². The van der Waals surface area contributed by atoms with Crippen LogP contribution in [0.3, 0.4) is 0 Å². The normalized spacial score (nSPS) is 38.9. The van der Waals surface area contributed by atoms with Crippen LogP contribution in [0.4, 0.5) is 0 Å². The summed E-state index contributed by atoms with van der Waals surface area (Å²) in [6.07, 6.45) is 0.879. The van der Waals surface area contributed by atoms with Gasteiger partial charge in [-0.2, -0.15) is 5.26 Å². The van der Waals surface area contributed by atoms with E-state index in [-0.39, 0.29) is 18.1 Å². The van der Waals surface area contributed by atoms with Crippen molar-refractivity contribution in [3.63, 3.8) is 0 Å². The van der Waals surface area contributed by atoms with Crippen LogP contribution in [0.25, 0.3) is 0 Å². The number of aliphatic hydroxyl groups is 1. The predicted molar refractivity (Wildman–Crippen MR) is 41.8 cm³/mol. The first-order valence-corrected chi connectivity index (χ1v) is 3.87. The molecule has 1 rings (SSSR count). The molecule has 0 unspecified atom stereocenters. The molecule has 1 saturated heterocycles. The number of hydrogen-bond donors (Lipinski definition) is 1. The van der Waals surface area contributed by atoms with Crippen LogP contribution in [0, 0.1) is 17.2 Å². The first-order chi connectivity index (χ1) is 5.15. The first kappa shape index (κ1) is 8.51. The molecule has 0 amide bonds.